The van der Waals surface area contributed by atoms with Gasteiger partial charge in [-0.25, -0.2) is 0 Å². The van der Waals surface area contributed by atoms with Crippen LogP contribution in [0.1, 0.15) is 51.5 Å². The smallest absolute Gasteiger partial charge is 0.0406 e. The van der Waals surface area contributed by atoms with Gasteiger partial charge in [0, 0.05) is 5.02 Å². The van der Waals surface area contributed by atoms with Crippen molar-refractivity contribution in [1.29, 1.82) is 0 Å². The molecule has 0 N–H and O–H groups in total. The third-order valence-electron chi connectivity index (χ3n) is 3.36. The van der Waals surface area contributed by atoms with Crippen molar-refractivity contribution in [2.24, 2.45) is 5.92 Å². The molecule has 0 amide bonds. The lowest BCUT2D eigenvalue weighted by Crippen LogP contribution is -2.10. The molecule has 1 fully saturated rings. The first-order valence-corrected chi connectivity index (χ1v) is 5.89. The molecule has 0 nitrogen and oxygen atoms in total. The molecule has 1 aliphatic carbocycles. The quantitative estimate of drug-likeness (QED) is 0.610. The Bertz CT molecular complexity index is 281. The summed E-state index contributed by atoms with van der Waals surface area (Å²) in [7, 11) is 0. The standard InChI is InChI=1S/C13H17Cl.CH4/c1-10-2-4-11(5-3-10)12-6-8-13(14)9-7-12;/h6-11H,2-5H2,1H3;1H4. The van der Waals surface area contributed by atoms with E-state index in [4.69, 9.17) is 11.6 Å². The first-order chi connectivity index (χ1) is 6.75. The van der Waals surface area contributed by atoms with Crippen LogP contribution in [0.5, 0.6) is 0 Å². The van der Waals surface area contributed by atoms with E-state index in [0.717, 1.165) is 16.9 Å². The second kappa shape index (κ2) is 5.55. The number of rotatable bonds is 1. The highest BCUT2D eigenvalue weighted by molar-refractivity contribution is 6.30. The molecule has 0 spiro atoms. The number of halogens is 1. The van der Waals surface area contributed by atoms with Crippen molar-refractivity contribution in [2.75, 3.05) is 0 Å². The van der Waals surface area contributed by atoms with Gasteiger partial charge in [-0.15, -0.1) is 0 Å². The molecule has 84 valence electrons. The molecule has 1 aromatic rings. The van der Waals surface area contributed by atoms with Crippen LogP contribution in [-0.4, -0.2) is 0 Å². The summed E-state index contributed by atoms with van der Waals surface area (Å²) in [6, 6.07) is 8.38. The van der Waals surface area contributed by atoms with Gasteiger partial charge in [-0.05, 0) is 42.4 Å². The second-order valence-corrected chi connectivity index (χ2v) is 4.94. The lowest BCUT2D eigenvalue weighted by molar-refractivity contribution is 0.348. The molecule has 15 heavy (non-hydrogen) atoms. The Hall–Kier alpha value is -0.490. The maximum absolute atomic E-state index is 5.87. The highest BCUT2D eigenvalue weighted by atomic mass is 35.5. The summed E-state index contributed by atoms with van der Waals surface area (Å²) in [6.45, 7) is 2.36. The van der Waals surface area contributed by atoms with Crippen LogP contribution in [0, 0.1) is 5.92 Å². The molecule has 1 saturated carbocycles. The third kappa shape index (κ3) is 3.24. The third-order valence-corrected chi connectivity index (χ3v) is 3.61. The fraction of sp³-hybridized carbons (Fsp3) is 0.571. The van der Waals surface area contributed by atoms with Crippen LogP contribution >= 0.6 is 11.6 Å². The number of hydrogen-bond donors (Lipinski definition) is 0. The predicted molar refractivity (Wildman–Crippen MR) is 68.6 cm³/mol. The highest BCUT2D eigenvalue weighted by Crippen LogP contribution is 2.35. The molecule has 0 radical (unpaired) electrons. The van der Waals surface area contributed by atoms with E-state index in [0.29, 0.717) is 0 Å². The molecule has 0 heterocycles. The molecule has 0 saturated heterocycles. The van der Waals surface area contributed by atoms with Crippen LogP contribution in [0.3, 0.4) is 0 Å². The first kappa shape index (κ1) is 12.6. The summed E-state index contributed by atoms with van der Waals surface area (Å²) in [5.41, 5.74) is 1.47. The topological polar surface area (TPSA) is 0 Å². The van der Waals surface area contributed by atoms with Gasteiger partial charge < -0.3 is 0 Å². The summed E-state index contributed by atoms with van der Waals surface area (Å²) in [5, 5.41) is 0.845. The van der Waals surface area contributed by atoms with E-state index >= 15 is 0 Å². The van der Waals surface area contributed by atoms with Gasteiger partial charge in [0.05, 0.1) is 0 Å². The fourth-order valence-corrected chi connectivity index (χ4v) is 2.45. The van der Waals surface area contributed by atoms with Crippen LogP contribution in [0.25, 0.3) is 0 Å². The SMILES string of the molecule is C.CC1CCC(c2ccc(Cl)cc2)CC1. The van der Waals surface area contributed by atoms with Gasteiger partial charge in [0.1, 0.15) is 0 Å². The van der Waals surface area contributed by atoms with Gasteiger partial charge in [0.2, 0.25) is 0 Å². The zero-order valence-corrected chi connectivity index (χ0v) is 9.43. The van der Waals surface area contributed by atoms with Gasteiger partial charge in [0.25, 0.3) is 0 Å². The Kier molecular flexibility index (Phi) is 4.66. The molecule has 0 atom stereocenters. The summed E-state index contributed by atoms with van der Waals surface area (Å²) in [5.74, 6) is 1.71. The second-order valence-electron chi connectivity index (χ2n) is 4.51. The lowest BCUT2D eigenvalue weighted by atomic mass is 9.79. The molecule has 0 aliphatic heterocycles. The average Bonchev–Trinajstić information content (AvgIpc) is 2.21. The van der Waals surface area contributed by atoms with Crippen LogP contribution in [-0.2, 0) is 0 Å². The van der Waals surface area contributed by atoms with E-state index in [1.807, 2.05) is 12.1 Å². The Morgan fingerprint density at radius 1 is 1.00 bits per heavy atom. The molecular formula is C14H21Cl. The van der Waals surface area contributed by atoms with E-state index in [2.05, 4.69) is 19.1 Å². The highest BCUT2D eigenvalue weighted by Gasteiger charge is 2.19. The molecule has 1 heteroatoms. The molecule has 0 unspecified atom stereocenters. The largest absolute Gasteiger partial charge is 0.0843 e. The summed E-state index contributed by atoms with van der Waals surface area (Å²) in [4.78, 5) is 0. The minimum absolute atomic E-state index is 0. The summed E-state index contributed by atoms with van der Waals surface area (Å²) >= 11 is 5.87. The Balaban J connectivity index is 0.00000112. The average molecular weight is 225 g/mol. The fourth-order valence-electron chi connectivity index (χ4n) is 2.33. The predicted octanol–water partition coefficient (Wildman–Crippen LogP) is 5.27. The Morgan fingerprint density at radius 2 is 1.53 bits per heavy atom. The van der Waals surface area contributed by atoms with Gasteiger partial charge in [-0.3, -0.25) is 0 Å². The van der Waals surface area contributed by atoms with E-state index in [1.54, 1.807) is 0 Å². The molecular weight excluding hydrogens is 204 g/mol. The number of benzene rings is 1. The normalized spacial score (nSPS) is 25.7. The Labute approximate surface area is 98.7 Å². The van der Waals surface area contributed by atoms with Crippen molar-refractivity contribution >= 4 is 11.6 Å². The van der Waals surface area contributed by atoms with Crippen molar-refractivity contribution in [3.63, 3.8) is 0 Å². The van der Waals surface area contributed by atoms with Crippen molar-refractivity contribution in [1.82, 2.24) is 0 Å². The maximum Gasteiger partial charge on any atom is 0.0406 e. The lowest BCUT2D eigenvalue weighted by Gasteiger charge is -2.26. The van der Waals surface area contributed by atoms with Gasteiger partial charge in [-0.2, -0.15) is 0 Å². The first-order valence-electron chi connectivity index (χ1n) is 5.51. The van der Waals surface area contributed by atoms with Crippen LogP contribution < -0.4 is 0 Å². The van der Waals surface area contributed by atoms with Crippen LogP contribution in [0.15, 0.2) is 24.3 Å². The van der Waals surface area contributed by atoms with Crippen LogP contribution in [0.2, 0.25) is 5.02 Å². The maximum atomic E-state index is 5.87. The van der Waals surface area contributed by atoms with E-state index < -0.39 is 0 Å². The van der Waals surface area contributed by atoms with E-state index in [9.17, 15) is 0 Å². The van der Waals surface area contributed by atoms with E-state index in [-0.39, 0.29) is 7.43 Å². The van der Waals surface area contributed by atoms with Crippen LogP contribution in [0.4, 0.5) is 0 Å². The Morgan fingerprint density at radius 3 is 2.07 bits per heavy atom. The van der Waals surface area contributed by atoms with Gasteiger partial charge in [-0.1, -0.05) is 50.9 Å². The molecule has 0 aromatic heterocycles. The minimum atomic E-state index is 0. The van der Waals surface area contributed by atoms with Crippen molar-refractivity contribution in [3.8, 4) is 0 Å². The monoisotopic (exact) mass is 224 g/mol. The summed E-state index contributed by atoms with van der Waals surface area (Å²) in [6.07, 6.45) is 5.46. The zero-order valence-electron chi connectivity index (χ0n) is 8.67. The zero-order chi connectivity index (χ0) is 9.97. The van der Waals surface area contributed by atoms with Gasteiger partial charge in [0.15, 0.2) is 0 Å². The minimum Gasteiger partial charge on any atom is -0.0843 e. The molecule has 1 aliphatic rings. The van der Waals surface area contributed by atoms with E-state index in [1.165, 1.54) is 31.2 Å². The van der Waals surface area contributed by atoms with Crippen molar-refractivity contribution < 1.29 is 0 Å². The molecule has 2 rings (SSSR count). The van der Waals surface area contributed by atoms with Gasteiger partial charge >= 0.3 is 0 Å². The summed E-state index contributed by atoms with van der Waals surface area (Å²) < 4.78 is 0. The van der Waals surface area contributed by atoms with Crippen molar-refractivity contribution in [3.05, 3.63) is 34.9 Å². The molecule has 0 bridgehead atoms. The molecule has 1 aromatic carbocycles. The van der Waals surface area contributed by atoms with Crippen molar-refractivity contribution in [2.45, 2.75) is 46.0 Å². The number of hydrogen-bond acceptors (Lipinski definition) is 0.